The molecule has 1 saturated heterocycles. The lowest BCUT2D eigenvalue weighted by atomic mass is 10.1. The van der Waals surface area contributed by atoms with Crippen LogP contribution in [0.15, 0.2) is 30.3 Å². The fourth-order valence-corrected chi connectivity index (χ4v) is 2.27. The molecule has 1 fully saturated rings. The zero-order valence-corrected chi connectivity index (χ0v) is 14.3. The summed E-state index contributed by atoms with van der Waals surface area (Å²) in [6.07, 6.45) is 0.0784. The van der Waals surface area contributed by atoms with E-state index in [1.165, 1.54) is 11.3 Å². The van der Waals surface area contributed by atoms with E-state index in [1.807, 2.05) is 30.3 Å². The van der Waals surface area contributed by atoms with E-state index in [0.717, 1.165) is 5.56 Å². The van der Waals surface area contributed by atoms with Gasteiger partial charge in [-0.2, -0.15) is 0 Å². The second kappa shape index (κ2) is 10.9. The van der Waals surface area contributed by atoms with Gasteiger partial charge in [0.2, 0.25) is 5.91 Å². The smallest absolute Gasteiger partial charge is 0.407 e. The predicted octanol–water partition coefficient (Wildman–Crippen LogP) is 0.579. The number of alkyl carbamates (subject to hydrolysis) is 1. The van der Waals surface area contributed by atoms with Crippen LogP contribution >= 0.6 is 11.6 Å². The number of benzene rings is 1. The van der Waals surface area contributed by atoms with Gasteiger partial charge in [0, 0.05) is 25.4 Å². The van der Waals surface area contributed by atoms with Crippen LogP contribution in [0.3, 0.4) is 0 Å². The number of rotatable bonds is 5. The Bertz CT molecular complexity index is 514. The van der Waals surface area contributed by atoms with Gasteiger partial charge < -0.3 is 25.2 Å². The molecule has 24 heavy (non-hydrogen) atoms. The van der Waals surface area contributed by atoms with Crippen molar-refractivity contribution >= 4 is 23.6 Å². The fourth-order valence-electron chi connectivity index (χ4n) is 2.27. The zero-order chi connectivity index (χ0) is 17.9. The number of aliphatic hydroxyl groups excluding tert-OH is 2. The molecule has 1 aliphatic heterocycles. The third-order valence-electron chi connectivity index (χ3n) is 3.59. The number of carbonyl (C=O) groups excluding carboxylic acids is 2. The number of hydrogen-bond acceptors (Lipinski definition) is 5. The van der Waals surface area contributed by atoms with Crippen molar-refractivity contribution in [2.75, 3.05) is 32.6 Å². The molecular weight excluding hydrogens is 336 g/mol. The number of carbonyl (C=O) groups is 2. The van der Waals surface area contributed by atoms with Gasteiger partial charge in [-0.15, -0.1) is 11.6 Å². The maximum Gasteiger partial charge on any atom is 0.407 e. The van der Waals surface area contributed by atoms with Gasteiger partial charge in [-0.1, -0.05) is 30.3 Å². The number of likely N-dealkylation sites (tertiary alicyclic amines) is 1. The van der Waals surface area contributed by atoms with Crippen molar-refractivity contribution in [3.63, 3.8) is 0 Å². The third kappa shape index (κ3) is 6.35. The highest BCUT2D eigenvalue weighted by molar-refractivity contribution is 6.15. The van der Waals surface area contributed by atoms with Crippen LogP contribution in [0.25, 0.3) is 0 Å². The lowest BCUT2D eigenvalue weighted by Gasteiger charge is -2.16. The molecule has 1 heterocycles. The SMILES string of the molecule is CCl.O=C(NCC(=O)N1C[C@@H](CO)[C@@H](O)C1)OCc1ccccc1. The molecule has 2 atom stereocenters. The average Bonchev–Trinajstić information content (AvgIpc) is 3.01. The Morgan fingerprint density at radius 3 is 2.54 bits per heavy atom. The maximum absolute atomic E-state index is 11.9. The summed E-state index contributed by atoms with van der Waals surface area (Å²) < 4.78 is 4.99. The van der Waals surface area contributed by atoms with Crippen LogP contribution in [0.5, 0.6) is 0 Å². The number of nitrogens with one attached hydrogen (secondary N) is 1. The highest BCUT2D eigenvalue weighted by Crippen LogP contribution is 2.16. The number of alkyl halides is 1. The van der Waals surface area contributed by atoms with Crippen molar-refractivity contribution in [2.24, 2.45) is 5.92 Å². The van der Waals surface area contributed by atoms with E-state index in [1.54, 1.807) is 0 Å². The van der Waals surface area contributed by atoms with Gasteiger partial charge in [0.15, 0.2) is 0 Å². The van der Waals surface area contributed by atoms with Gasteiger partial charge in [-0.3, -0.25) is 4.79 Å². The number of amides is 2. The number of halogens is 1. The first kappa shape index (κ1) is 20.2. The van der Waals surface area contributed by atoms with Gasteiger partial charge in [0.25, 0.3) is 0 Å². The van der Waals surface area contributed by atoms with E-state index in [2.05, 4.69) is 16.9 Å². The number of aliphatic hydroxyl groups is 2. The minimum atomic E-state index is -0.723. The van der Waals surface area contributed by atoms with Crippen LogP contribution < -0.4 is 5.32 Å². The molecule has 2 rings (SSSR count). The first-order chi connectivity index (χ1) is 11.6. The van der Waals surface area contributed by atoms with Crippen LogP contribution in [-0.2, 0) is 16.1 Å². The van der Waals surface area contributed by atoms with Gasteiger partial charge in [0.05, 0.1) is 12.7 Å². The van der Waals surface area contributed by atoms with Crippen LogP contribution in [0, 0.1) is 5.92 Å². The Morgan fingerprint density at radius 1 is 1.29 bits per heavy atom. The summed E-state index contributed by atoms with van der Waals surface area (Å²) >= 11 is 4.64. The molecule has 1 aliphatic rings. The van der Waals surface area contributed by atoms with Crippen molar-refractivity contribution in [3.8, 4) is 0 Å². The third-order valence-corrected chi connectivity index (χ3v) is 3.59. The molecule has 0 bridgehead atoms. The molecule has 0 radical (unpaired) electrons. The summed E-state index contributed by atoms with van der Waals surface area (Å²) in [5.74, 6) is -0.638. The van der Waals surface area contributed by atoms with Crippen LogP contribution in [0.4, 0.5) is 4.79 Å². The molecule has 0 unspecified atom stereocenters. The fraction of sp³-hybridized carbons (Fsp3) is 0.500. The van der Waals surface area contributed by atoms with Crippen LogP contribution in [0.2, 0.25) is 0 Å². The zero-order valence-electron chi connectivity index (χ0n) is 13.5. The lowest BCUT2D eigenvalue weighted by Crippen LogP contribution is -2.39. The molecule has 3 N–H and O–H groups in total. The number of nitrogens with zero attached hydrogens (tertiary/aromatic N) is 1. The lowest BCUT2D eigenvalue weighted by molar-refractivity contribution is -0.129. The quantitative estimate of drug-likeness (QED) is 0.669. The highest BCUT2D eigenvalue weighted by atomic mass is 35.5. The molecule has 0 aromatic heterocycles. The summed E-state index contributed by atoms with van der Waals surface area (Å²) in [6.45, 7) is 0.230. The predicted molar refractivity (Wildman–Crippen MR) is 89.6 cm³/mol. The van der Waals surface area contributed by atoms with Gasteiger partial charge in [-0.25, -0.2) is 4.79 Å². The minimum absolute atomic E-state index is 0.135. The maximum atomic E-state index is 11.9. The van der Waals surface area contributed by atoms with Gasteiger partial charge in [-0.05, 0) is 5.56 Å². The molecule has 0 saturated carbocycles. The molecule has 1 aromatic carbocycles. The van der Waals surface area contributed by atoms with E-state index >= 15 is 0 Å². The second-order valence-corrected chi connectivity index (χ2v) is 5.22. The van der Waals surface area contributed by atoms with Gasteiger partial charge in [0.1, 0.15) is 13.2 Å². The van der Waals surface area contributed by atoms with E-state index in [-0.39, 0.29) is 44.7 Å². The Morgan fingerprint density at radius 2 is 1.96 bits per heavy atom. The highest BCUT2D eigenvalue weighted by Gasteiger charge is 2.33. The normalized spacial score (nSPS) is 19.2. The first-order valence-electron chi connectivity index (χ1n) is 7.49. The Labute approximate surface area is 146 Å². The van der Waals surface area contributed by atoms with Gasteiger partial charge >= 0.3 is 6.09 Å². The summed E-state index contributed by atoms with van der Waals surface area (Å²) in [6, 6.07) is 9.22. The summed E-state index contributed by atoms with van der Waals surface area (Å²) in [5, 5.41) is 21.1. The summed E-state index contributed by atoms with van der Waals surface area (Å²) in [5.41, 5.74) is 0.859. The summed E-state index contributed by atoms with van der Waals surface area (Å²) in [7, 11) is 0. The topological polar surface area (TPSA) is 99.1 Å². The molecule has 7 nitrogen and oxygen atoms in total. The Hall–Kier alpha value is -1.83. The molecular formula is C16H23ClN2O5. The monoisotopic (exact) mass is 358 g/mol. The number of β-amino-alcohol motifs (C(OH)–C–C–N with tert-alkyl or cyclic N) is 1. The van der Waals surface area contributed by atoms with Crippen molar-refractivity contribution in [3.05, 3.63) is 35.9 Å². The molecule has 2 amide bonds. The Kier molecular flexibility index (Phi) is 9.14. The van der Waals surface area contributed by atoms with E-state index in [4.69, 9.17) is 9.84 Å². The first-order valence-corrected chi connectivity index (χ1v) is 8.24. The van der Waals surface area contributed by atoms with E-state index < -0.39 is 12.2 Å². The van der Waals surface area contributed by atoms with E-state index in [9.17, 15) is 14.7 Å². The van der Waals surface area contributed by atoms with E-state index in [0.29, 0.717) is 0 Å². The van der Waals surface area contributed by atoms with Crippen molar-refractivity contribution in [2.45, 2.75) is 12.7 Å². The molecule has 0 spiro atoms. The standard InChI is InChI=1S/C15H20N2O5.CH3Cl/c18-9-12-7-17(8-13(12)19)14(20)6-16-15(21)22-10-11-4-2-1-3-5-11;1-2/h1-5,12-13,18-19H,6-10H2,(H,16,21);1H3/t12-,13-;/m0./s1. The van der Waals surface area contributed by atoms with Crippen molar-refractivity contribution in [1.82, 2.24) is 10.2 Å². The largest absolute Gasteiger partial charge is 0.445 e. The van der Waals surface area contributed by atoms with Crippen molar-refractivity contribution < 1.29 is 24.5 Å². The minimum Gasteiger partial charge on any atom is -0.445 e. The second-order valence-electron chi connectivity index (χ2n) is 5.22. The van der Waals surface area contributed by atoms with Crippen LogP contribution in [0.1, 0.15) is 5.56 Å². The Balaban J connectivity index is 0.00000139. The van der Waals surface area contributed by atoms with Crippen LogP contribution in [-0.4, -0.2) is 65.8 Å². The molecule has 1 aromatic rings. The summed E-state index contributed by atoms with van der Waals surface area (Å²) in [4.78, 5) is 24.8. The molecule has 8 heteroatoms. The molecule has 0 aliphatic carbocycles. The number of hydrogen-bond donors (Lipinski definition) is 3. The average molecular weight is 359 g/mol. The van der Waals surface area contributed by atoms with Crippen molar-refractivity contribution in [1.29, 1.82) is 0 Å². The number of ether oxygens (including phenoxy) is 1. The molecule has 134 valence electrons.